The molecule has 3 heteroatoms. The van der Waals surface area contributed by atoms with Crippen molar-refractivity contribution < 1.29 is 0 Å². The molecule has 0 saturated heterocycles. The van der Waals surface area contributed by atoms with Crippen molar-refractivity contribution in [2.45, 2.75) is 59.0 Å². The number of aryl methyl sites for hydroxylation is 1. The second-order valence-corrected chi connectivity index (χ2v) is 6.48. The van der Waals surface area contributed by atoms with Gasteiger partial charge in [0.15, 0.2) is 0 Å². The number of nitrogens with one attached hydrogen (secondary N) is 1. The summed E-state index contributed by atoms with van der Waals surface area (Å²) in [6, 6.07) is 0. The van der Waals surface area contributed by atoms with E-state index >= 15 is 0 Å². The van der Waals surface area contributed by atoms with Gasteiger partial charge in [-0.15, -0.1) is 0 Å². The van der Waals surface area contributed by atoms with E-state index in [0.29, 0.717) is 5.41 Å². The van der Waals surface area contributed by atoms with E-state index in [0.717, 1.165) is 13.1 Å². The van der Waals surface area contributed by atoms with Gasteiger partial charge in [-0.3, -0.25) is 4.68 Å². The standard InChI is InChI=1S/C14H25N3/c1-5-17-10-12(9-16-17)8-14(6-7-14)11-15-13(2,3)4/h9-10,15H,5-8,11H2,1-4H3. The third-order valence-corrected chi connectivity index (χ3v) is 3.54. The molecule has 1 N–H and O–H groups in total. The molecule has 1 aliphatic carbocycles. The Hall–Kier alpha value is -0.830. The number of rotatable bonds is 5. The third-order valence-electron chi connectivity index (χ3n) is 3.54. The zero-order valence-corrected chi connectivity index (χ0v) is 11.6. The first-order valence-corrected chi connectivity index (χ1v) is 6.69. The zero-order valence-electron chi connectivity index (χ0n) is 11.6. The van der Waals surface area contributed by atoms with Gasteiger partial charge in [0.25, 0.3) is 0 Å². The highest BCUT2D eigenvalue weighted by molar-refractivity contribution is 5.12. The molecule has 1 fully saturated rings. The molecule has 0 amide bonds. The van der Waals surface area contributed by atoms with Crippen LogP contribution in [0.15, 0.2) is 12.4 Å². The summed E-state index contributed by atoms with van der Waals surface area (Å²) in [6.45, 7) is 10.9. The van der Waals surface area contributed by atoms with Crippen LogP contribution in [0.4, 0.5) is 0 Å². The Kier molecular flexibility index (Phi) is 3.30. The second-order valence-electron chi connectivity index (χ2n) is 6.48. The first-order chi connectivity index (χ1) is 7.92. The van der Waals surface area contributed by atoms with Crippen molar-refractivity contribution in [2.75, 3.05) is 6.54 Å². The van der Waals surface area contributed by atoms with Gasteiger partial charge < -0.3 is 5.32 Å². The molecule has 0 atom stereocenters. The second kappa shape index (κ2) is 4.45. The van der Waals surface area contributed by atoms with Gasteiger partial charge in [0.05, 0.1) is 6.20 Å². The molecule has 0 spiro atoms. The highest BCUT2D eigenvalue weighted by atomic mass is 15.3. The smallest absolute Gasteiger partial charge is 0.0521 e. The van der Waals surface area contributed by atoms with Gasteiger partial charge in [-0.2, -0.15) is 5.10 Å². The van der Waals surface area contributed by atoms with Crippen molar-refractivity contribution >= 4 is 0 Å². The highest BCUT2D eigenvalue weighted by Gasteiger charge is 2.42. The largest absolute Gasteiger partial charge is 0.312 e. The van der Waals surface area contributed by atoms with Crippen LogP contribution in [0, 0.1) is 5.41 Å². The maximum absolute atomic E-state index is 4.35. The Labute approximate surface area is 105 Å². The summed E-state index contributed by atoms with van der Waals surface area (Å²) in [4.78, 5) is 0. The van der Waals surface area contributed by atoms with Crippen LogP contribution in [0.1, 0.15) is 46.1 Å². The summed E-state index contributed by atoms with van der Waals surface area (Å²) >= 11 is 0. The Morgan fingerprint density at radius 1 is 1.41 bits per heavy atom. The molecule has 1 aliphatic rings. The van der Waals surface area contributed by atoms with E-state index in [2.05, 4.69) is 44.3 Å². The van der Waals surface area contributed by atoms with E-state index in [1.807, 2.05) is 10.9 Å². The van der Waals surface area contributed by atoms with Crippen LogP contribution in [-0.2, 0) is 13.0 Å². The molecule has 0 unspecified atom stereocenters. The Morgan fingerprint density at radius 3 is 2.59 bits per heavy atom. The van der Waals surface area contributed by atoms with Gasteiger partial charge in [0.2, 0.25) is 0 Å². The molecule has 1 saturated carbocycles. The molecule has 96 valence electrons. The molecule has 0 radical (unpaired) electrons. The van der Waals surface area contributed by atoms with E-state index < -0.39 is 0 Å². The summed E-state index contributed by atoms with van der Waals surface area (Å²) in [5, 5.41) is 7.99. The summed E-state index contributed by atoms with van der Waals surface area (Å²) in [6.07, 6.45) is 8.11. The predicted molar refractivity (Wildman–Crippen MR) is 71.0 cm³/mol. The van der Waals surface area contributed by atoms with E-state index in [4.69, 9.17) is 0 Å². The van der Waals surface area contributed by atoms with Gasteiger partial charge in [-0.05, 0) is 57.9 Å². The summed E-state index contributed by atoms with van der Waals surface area (Å²) < 4.78 is 2.02. The van der Waals surface area contributed by atoms with Gasteiger partial charge in [0.1, 0.15) is 0 Å². The summed E-state index contributed by atoms with van der Waals surface area (Å²) in [5.41, 5.74) is 2.12. The molecule has 1 aromatic rings. The molecule has 0 aliphatic heterocycles. The first-order valence-electron chi connectivity index (χ1n) is 6.69. The number of hydrogen-bond donors (Lipinski definition) is 1. The van der Waals surface area contributed by atoms with E-state index in [9.17, 15) is 0 Å². The average Bonchev–Trinajstić information content (AvgIpc) is 2.85. The van der Waals surface area contributed by atoms with E-state index in [1.54, 1.807) is 0 Å². The fraction of sp³-hybridized carbons (Fsp3) is 0.786. The SMILES string of the molecule is CCn1cc(CC2(CNC(C)(C)C)CC2)cn1. The van der Waals surface area contributed by atoms with Gasteiger partial charge in [-0.1, -0.05) is 0 Å². The Bertz CT molecular complexity index is 369. The lowest BCUT2D eigenvalue weighted by Crippen LogP contribution is -2.40. The number of hydrogen-bond acceptors (Lipinski definition) is 2. The lowest BCUT2D eigenvalue weighted by atomic mass is 9.97. The number of nitrogens with zero attached hydrogens (tertiary/aromatic N) is 2. The highest BCUT2D eigenvalue weighted by Crippen LogP contribution is 2.48. The van der Waals surface area contributed by atoms with Crippen molar-refractivity contribution in [3.63, 3.8) is 0 Å². The Balaban J connectivity index is 1.89. The molecule has 2 rings (SSSR count). The fourth-order valence-electron chi connectivity index (χ4n) is 2.15. The van der Waals surface area contributed by atoms with Crippen LogP contribution in [0.3, 0.4) is 0 Å². The van der Waals surface area contributed by atoms with Crippen molar-refractivity contribution in [1.29, 1.82) is 0 Å². The minimum Gasteiger partial charge on any atom is -0.312 e. The summed E-state index contributed by atoms with van der Waals surface area (Å²) in [7, 11) is 0. The normalized spacial score (nSPS) is 18.4. The van der Waals surface area contributed by atoms with Crippen molar-refractivity contribution in [2.24, 2.45) is 5.41 Å². The van der Waals surface area contributed by atoms with E-state index in [-0.39, 0.29) is 5.54 Å². The predicted octanol–water partition coefficient (Wildman–Crippen LogP) is 2.61. The monoisotopic (exact) mass is 235 g/mol. The van der Waals surface area contributed by atoms with E-state index in [1.165, 1.54) is 24.8 Å². The molecule has 3 nitrogen and oxygen atoms in total. The van der Waals surface area contributed by atoms with Gasteiger partial charge in [0, 0.05) is 24.8 Å². The number of aromatic nitrogens is 2. The molecule has 0 bridgehead atoms. The molecular weight excluding hydrogens is 210 g/mol. The van der Waals surface area contributed by atoms with Crippen LogP contribution in [0.5, 0.6) is 0 Å². The average molecular weight is 235 g/mol. The topological polar surface area (TPSA) is 29.9 Å². The van der Waals surface area contributed by atoms with Crippen LogP contribution >= 0.6 is 0 Å². The van der Waals surface area contributed by atoms with Crippen molar-refractivity contribution in [3.8, 4) is 0 Å². The lowest BCUT2D eigenvalue weighted by molar-refractivity contribution is 0.356. The zero-order chi connectivity index (χ0) is 12.5. The lowest BCUT2D eigenvalue weighted by Gasteiger charge is -2.25. The molecule has 0 aromatic carbocycles. The quantitative estimate of drug-likeness (QED) is 0.850. The molecular formula is C14H25N3. The fourth-order valence-corrected chi connectivity index (χ4v) is 2.15. The van der Waals surface area contributed by atoms with Crippen LogP contribution < -0.4 is 5.32 Å². The van der Waals surface area contributed by atoms with Crippen molar-refractivity contribution in [3.05, 3.63) is 18.0 Å². The first kappa shape index (κ1) is 12.6. The van der Waals surface area contributed by atoms with Crippen molar-refractivity contribution in [1.82, 2.24) is 15.1 Å². The Morgan fingerprint density at radius 2 is 2.12 bits per heavy atom. The molecule has 17 heavy (non-hydrogen) atoms. The van der Waals surface area contributed by atoms with Gasteiger partial charge in [-0.25, -0.2) is 0 Å². The molecule has 1 aromatic heterocycles. The third kappa shape index (κ3) is 3.56. The summed E-state index contributed by atoms with van der Waals surface area (Å²) in [5.74, 6) is 0. The minimum absolute atomic E-state index is 0.225. The van der Waals surface area contributed by atoms with Crippen LogP contribution in [0.2, 0.25) is 0 Å². The maximum atomic E-state index is 4.35. The van der Waals surface area contributed by atoms with Crippen LogP contribution in [-0.4, -0.2) is 21.9 Å². The van der Waals surface area contributed by atoms with Crippen LogP contribution in [0.25, 0.3) is 0 Å². The minimum atomic E-state index is 0.225. The molecule has 1 heterocycles. The van der Waals surface area contributed by atoms with Gasteiger partial charge >= 0.3 is 0 Å². The maximum Gasteiger partial charge on any atom is 0.0521 e.